The van der Waals surface area contributed by atoms with Crippen LogP contribution in [0.5, 0.6) is 0 Å². The van der Waals surface area contributed by atoms with E-state index in [2.05, 4.69) is 6.92 Å². The Balaban J connectivity index is 1.65. The Kier molecular flexibility index (Phi) is 6.29. The minimum absolute atomic E-state index is 0.0177. The number of rotatable bonds is 5. The van der Waals surface area contributed by atoms with E-state index in [0.717, 1.165) is 39.1 Å². The lowest BCUT2D eigenvalue weighted by molar-refractivity contribution is -0.904. The molecule has 2 heterocycles. The van der Waals surface area contributed by atoms with E-state index in [4.69, 9.17) is 4.74 Å². The molecule has 0 aliphatic carbocycles. The zero-order chi connectivity index (χ0) is 18.6. The van der Waals surface area contributed by atoms with Crippen LogP contribution in [0.2, 0.25) is 0 Å². The molecule has 0 saturated carbocycles. The Morgan fingerprint density at radius 2 is 1.69 bits per heavy atom. The van der Waals surface area contributed by atoms with Crippen LogP contribution in [0.15, 0.2) is 29.2 Å². The molecule has 0 atom stereocenters. The van der Waals surface area contributed by atoms with E-state index in [-0.39, 0.29) is 10.8 Å². The summed E-state index contributed by atoms with van der Waals surface area (Å²) >= 11 is 0. The van der Waals surface area contributed by atoms with Gasteiger partial charge in [-0.3, -0.25) is 4.79 Å². The van der Waals surface area contributed by atoms with Crippen LogP contribution < -0.4 is 4.90 Å². The predicted octanol–water partition coefficient (Wildman–Crippen LogP) is -0.542. The Morgan fingerprint density at radius 1 is 1.08 bits per heavy atom. The van der Waals surface area contributed by atoms with Crippen molar-refractivity contribution in [3.05, 3.63) is 29.8 Å². The average Bonchev–Trinajstić information content (AvgIpc) is 2.69. The van der Waals surface area contributed by atoms with Crippen molar-refractivity contribution in [1.29, 1.82) is 0 Å². The summed E-state index contributed by atoms with van der Waals surface area (Å²) in [6, 6.07) is 6.33. The van der Waals surface area contributed by atoms with Gasteiger partial charge in [0.1, 0.15) is 0 Å². The molecule has 2 fully saturated rings. The lowest BCUT2D eigenvalue weighted by atomic mass is 10.2. The topological polar surface area (TPSA) is 71.4 Å². The number of ether oxygens (including phenoxy) is 1. The highest BCUT2D eigenvalue weighted by Crippen LogP contribution is 2.18. The number of quaternary nitrogens is 1. The third-order valence-electron chi connectivity index (χ3n) is 5.07. The molecule has 8 heteroatoms. The van der Waals surface area contributed by atoms with Gasteiger partial charge in [-0.15, -0.1) is 0 Å². The highest BCUT2D eigenvalue weighted by Gasteiger charge is 2.27. The van der Waals surface area contributed by atoms with Gasteiger partial charge in [-0.1, -0.05) is 6.92 Å². The summed E-state index contributed by atoms with van der Waals surface area (Å²) in [6.45, 7) is 8.35. The number of hydrogen-bond acceptors (Lipinski definition) is 4. The molecule has 0 radical (unpaired) electrons. The summed E-state index contributed by atoms with van der Waals surface area (Å²) in [5.41, 5.74) is 0.546. The number of hydrogen-bond donors (Lipinski definition) is 1. The van der Waals surface area contributed by atoms with Crippen molar-refractivity contribution in [2.24, 2.45) is 0 Å². The van der Waals surface area contributed by atoms with E-state index < -0.39 is 10.0 Å². The van der Waals surface area contributed by atoms with Crippen LogP contribution in [0.1, 0.15) is 23.7 Å². The molecule has 0 unspecified atom stereocenters. The van der Waals surface area contributed by atoms with Crippen LogP contribution in [0.4, 0.5) is 0 Å². The normalized spacial score (nSPS) is 20.3. The summed E-state index contributed by atoms with van der Waals surface area (Å²) in [5.74, 6) is -0.0177. The molecule has 3 rings (SSSR count). The number of piperazine rings is 1. The van der Waals surface area contributed by atoms with Crippen molar-refractivity contribution in [2.45, 2.75) is 18.2 Å². The fraction of sp³-hybridized carbons (Fsp3) is 0.611. The lowest BCUT2D eigenvalue weighted by Crippen LogP contribution is -3.14. The van der Waals surface area contributed by atoms with Crippen molar-refractivity contribution in [1.82, 2.24) is 9.21 Å². The van der Waals surface area contributed by atoms with Gasteiger partial charge in [0.25, 0.3) is 5.91 Å². The van der Waals surface area contributed by atoms with Gasteiger partial charge in [-0.2, -0.15) is 4.31 Å². The molecule has 1 aromatic carbocycles. The van der Waals surface area contributed by atoms with Crippen LogP contribution in [0.3, 0.4) is 0 Å². The molecule has 0 aromatic heterocycles. The summed E-state index contributed by atoms with van der Waals surface area (Å²) in [5, 5.41) is 0. The summed E-state index contributed by atoms with van der Waals surface area (Å²) in [6.07, 6.45) is 1.16. The minimum Gasteiger partial charge on any atom is -0.379 e. The summed E-state index contributed by atoms with van der Waals surface area (Å²) in [7, 11) is -3.52. The molecule has 0 spiro atoms. The molecular formula is C18H28N3O4S+. The fourth-order valence-corrected chi connectivity index (χ4v) is 4.93. The molecular weight excluding hydrogens is 354 g/mol. The average molecular weight is 383 g/mol. The first-order valence-corrected chi connectivity index (χ1v) is 10.8. The molecule has 0 bridgehead atoms. The maximum atomic E-state index is 12.7. The van der Waals surface area contributed by atoms with E-state index >= 15 is 0 Å². The van der Waals surface area contributed by atoms with E-state index in [1.165, 1.54) is 16.4 Å². The van der Waals surface area contributed by atoms with E-state index in [1.54, 1.807) is 17.0 Å². The first-order valence-electron chi connectivity index (χ1n) is 9.33. The van der Waals surface area contributed by atoms with Gasteiger partial charge >= 0.3 is 0 Å². The number of carbonyl (C=O) groups is 1. The predicted molar refractivity (Wildman–Crippen MR) is 97.8 cm³/mol. The van der Waals surface area contributed by atoms with Crippen molar-refractivity contribution in [3.63, 3.8) is 0 Å². The van der Waals surface area contributed by atoms with Crippen LogP contribution in [0, 0.1) is 0 Å². The number of carbonyl (C=O) groups excluding carboxylic acids is 1. The van der Waals surface area contributed by atoms with Crippen molar-refractivity contribution < 1.29 is 22.8 Å². The zero-order valence-corrected chi connectivity index (χ0v) is 16.1. The molecule has 144 valence electrons. The Morgan fingerprint density at radius 3 is 2.27 bits per heavy atom. The first-order chi connectivity index (χ1) is 12.5. The monoisotopic (exact) mass is 382 g/mol. The maximum Gasteiger partial charge on any atom is 0.254 e. The largest absolute Gasteiger partial charge is 0.379 e. The van der Waals surface area contributed by atoms with Crippen LogP contribution in [0.25, 0.3) is 0 Å². The number of amides is 1. The Labute approximate surface area is 155 Å². The van der Waals surface area contributed by atoms with E-state index in [1.807, 2.05) is 4.90 Å². The Bertz CT molecular complexity index is 706. The highest BCUT2D eigenvalue weighted by atomic mass is 32.2. The third kappa shape index (κ3) is 4.25. The quantitative estimate of drug-likeness (QED) is 0.742. The van der Waals surface area contributed by atoms with E-state index in [0.29, 0.717) is 31.9 Å². The highest BCUT2D eigenvalue weighted by molar-refractivity contribution is 7.89. The van der Waals surface area contributed by atoms with Gasteiger partial charge in [-0.25, -0.2) is 8.42 Å². The van der Waals surface area contributed by atoms with Crippen molar-refractivity contribution >= 4 is 15.9 Å². The number of nitrogens with one attached hydrogen (secondary N) is 1. The third-order valence-corrected chi connectivity index (χ3v) is 6.98. The van der Waals surface area contributed by atoms with Crippen LogP contribution >= 0.6 is 0 Å². The van der Waals surface area contributed by atoms with E-state index in [9.17, 15) is 13.2 Å². The molecule has 1 aromatic rings. The maximum absolute atomic E-state index is 12.7. The Hall–Kier alpha value is -1.48. The van der Waals surface area contributed by atoms with Crippen LogP contribution in [-0.4, -0.2) is 82.6 Å². The molecule has 2 saturated heterocycles. The van der Waals surface area contributed by atoms with Gasteiger partial charge in [0.05, 0.1) is 50.8 Å². The molecule has 7 nitrogen and oxygen atoms in total. The first kappa shape index (κ1) is 19.3. The molecule has 1 N–H and O–H groups in total. The standard InChI is InChI=1S/C18H27N3O4S/c1-2-7-19-8-10-20(11-9-19)18(22)16-3-5-17(6-4-16)26(23,24)21-12-14-25-15-13-21/h3-6H,2,7-15H2,1H3/p+1. The number of sulfonamides is 1. The molecule has 26 heavy (non-hydrogen) atoms. The smallest absolute Gasteiger partial charge is 0.254 e. The summed E-state index contributed by atoms with van der Waals surface area (Å²) in [4.78, 5) is 16.3. The van der Waals surface area contributed by atoms with Crippen LogP contribution in [-0.2, 0) is 14.8 Å². The van der Waals surface area contributed by atoms with Gasteiger partial charge in [0.15, 0.2) is 0 Å². The lowest BCUT2D eigenvalue weighted by Gasteiger charge is -2.32. The number of nitrogens with zero attached hydrogens (tertiary/aromatic N) is 2. The SMILES string of the molecule is CCC[NH+]1CCN(C(=O)c2ccc(S(=O)(=O)N3CCOCC3)cc2)CC1. The second-order valence-corrected chi connectivity index (χ2v) is 8.77. The number of benzene rings is 1. The van der Waals surface area contributed by atoms with Crippen molar-refractivity contribution in [3.8, 4) is 0 Å². The summed E-state index contributed by atoms with van der Waals surface area (Å²) < 4.78 is 31.9. The van der Waals surface area contributed by atoms with Crippen molar-refractivity contribution in [2.75, 3.05) is 59.0 Å². The van der Waals surface area contributed by atoms with Gasteiger partial charge in [-0.05, 0) is 30.7 Å². The van der Waals surface area contributed by atoms with Gasteiger partial charge in [0.2, 0.25) is 10.0 Å². The molecule has 1 amide bonds. The molecule has 2 aliphatic rings. The minimum atomic E-state index is -3.52. The van der Waals surface area contributed by atoms with Gasteiger partial charge in [0, 0.05) is 18.7 Å². The zero-order valence-electron chi connectivity index (χ0n) is 15.3. The number of morpholine rings is 1. The molecule has 2 aliphatic heterocycles. The fourth-order valence-electron chi connectivity index (χ4n) is 3.52. The second-order valence-electron chi connectivity index (χ2n) is 6.83. The second kappa shape index (κ2) is 8.47. The van der Waals surface area contributed by atoms with Gasteiger partial charge < -0.3 is 14.5 Å².